The zero-order chi connectivity index (χ0) is 20.5. The van der Waals surface area contributed by atoms with Gasteiger partial charge < -0.3 is 23.8 Å². The average molecular weight is 406 g/mol. The molecule has 3 aromatic rings. The van der Waals surface area contributed by atoms with Gasteiger partial charge in [0.15, 0.2) is 0 Å². The van der Waals surface area contributed by atoms with Crippen LogP contribution in [-0.2, 0) is 20.0 Å². The third kappa shape index (κ3) is 3.50. The zero-order valence-electron chi connectivity index (χ0n) is 17.3. The molecule has 156 valence electrons. The quantitative estimate of drug-likeness (QED) is 0.725. The summed E-state index contributed by atoms with van der Waals surface area (Å²) < 4.78 is 9.51. The molecule has 0 aliphatic carbocycles. The maximum Gasteiger partial charge on any atom is 0.254 e. The highest BCUT2D eigenvalue weighted by Crippen LogP contribution is 2.35. The maximum atomic E-state index is 12.0. The van der Waals surface area contributed by atoms with E-state index in [9.17, 15) is 4.79 Å². The molecule has 7 heteroatoms. The molecular formula is C23H27N5O2. The Morgan fingerprint density at radius 2 is 2.03 bits per heavy atom. The number of piperidine rings is 1. The Kier molecular flexibility index (Phi) is 5.04. The molecule has 2 aliphatic rings. The number of aryl methyl sites for hydroxylation is 2. The first-order valence-corrected chi connectivity index (χ1v) is 10.6. The number of aromatic nitrogens is 3. The fourth-order valence-electron chi connectivity index (χ4n) is 4.63. The van der Waals surface area contributed by atoms with E-state index < -0.39 is 0 Å². The van der Waals surface area contributed by atoms with Crippen molar-refractivity contribution in [1.82, 2.24) is 24.3 Å². The Bertz CT molecular complexity index is 1060. The van der Waals surface area contributed by atoms with Gasteiger partial charge in [-0.3, -0.25) is 4.79 Å². The summed E-state index contributed by atoms with van der Waals surface area (Å²) in [5.41, 5.74) is 6.14. The number of hydrogen-bond acceptors (Lipinski definition) is 4. The lowest BCUT2D eigenvalue weighted by atomic mass is 9.92. The summed E-state index contributed by atoms with van der Waals surface area (Å²) in [6, 6.07) is 3.93. The van der Waals surface area contributed by atoms with E-state index >= 15 is 0 Å². The molecule has 0 aromatic carbocycles. The summed E-state index contributed by atoms with van der Waals surface area (Å²) in [5.74, 6) is 1.03. The molecule has 7 nitrogen and oxygen atoms in total. The fraction of sp³-hybridized carbons (Fsp3) is 0.391. The molecule has 1 N–H and O–H groups in total. The van der Waals surface area contributed by atoms with E-state index in [4.69, 9.17) is 9.40 Å². The molecule has 0 spiro atoms. The minimum Gasteiger partial charge on any atom is -0.472 e. The van der Waals surface area contributed by atoms with Gasteiger partial charge in [-0.25, -0.2) is 4.98 Å². The molecule has 2 aliphatic heterocycles. The summed E-state index contributed by atoms with van der Waals surface area (Å²) in [6.45, 7) is 4.48. The van der Waals surface area contributed by atoms with E-state index in [1.807, 2.05) is 6.20 Å². The number of carbonyl (C=O) groups excluding carboxylic acids is 1. The van der Waals surface area contributed by atoms with Crippen molar-refractivity contribution in [3.05, 3.63) is 71.5 Å². The van der Waals surface area contributed by atoms with E-state index in [0.717, 1.165) is 51.3 Å². The highest BCUT2D eigenvalue weighted by molar-refractivity contribution is 5.93. The highest BCUT2D eigenvalue weighted by atomic mass is 16.3. The van der Waals surface area contributed by atoms with Crippen LogP contribution in [0.1, 0.15) is 40.3 Å². The van der Waals surface area contributed by atoms with Crippen molar-refractivity contribution in [2.75, 3.05) is 26.2 Å². The molecule has 1 amide bonds. The Balaban J connectivity index is 1.28. The van der Waals surface area contributed by atoms with Crippen molar-refractivity contribution in [3.8, 4) is 0 Å². The molecule has 1 saturated heterocycles. The third-order valence-electron chi connectivity index (χ3n) is 6.31. The first-order chi connectivity index (χ1) is 14.7. The molecule has 0 unspecified atom stereocenters. The lowest BCUT2D eigenvalue weighted by molar-refractivity contribution is 0.0947. The topological polar surface area (TPSA) is 68.2 Å². The Morgan fingerprint density at radius 1 is 1.17 bits per heavy atom. The highest BCUT2D eigenvalue weighted by Gasteiger charge is 2.26. The largest absolute Gasteiger partial charge is 0.472 e. The SMILES string of the molecule is Cn1ccc2c1CCn1ccnc1C2=C1CCN(CCNC(=O)c2ccoc2)CC1. The second-order valence-corrected chi connectivity index (χ2v) is 8.07. The van der Waals surface area contributed by atoms with Crippen molar-refractivity contribution >= 4 is 11.5 Å². The maximum absolute atomic E-state index is 12.0. The van der Waals surface area contributed by atoms with Gasteiger partial charge in [0, 0.05) is 81.6 Å². The number of nitrogens with zero attached hydrogens (tertiary/aromatic N) is 4. The van der Waals surface area contributed by atoms with E-state index in [1.54, 1.807) is 6.07 Å². The molecule has 0 atom stereocenters. The molecule has 0 saturated carbocycles. The minimum absolute atomic E-state index is 0.0783. The number of carbonyl (C=O) groups is 1. The van der Waals surface area contributed by atoms with Crippen LogP contribution in [0.2, 0.25) is 0 Å². The van der Waals surface area contributed by atoms with E-state index in [1.165, 1.54) is 34.9 Å². The van der Waals surface area contributed by atoms with Crippen molar-refractivity contribution in [1.29, 1.82) is 0 Å². The predicted molar refractivity (Wildman–Crippen MR) is 114 cm³/mol. The monoisotopic (exact) mass is 405 g/mol. The number of hydrogen-bond donors (Lipinski definition) is 1. The molecule has 30 heavy (non-hydrogen) atoms. The molecule has 0 radical (unpaired) electrons. The van der Waals surface area contributed by atoms with Gasteiger partial charge >= 0.3 is 0 Å². The summed E-state index contributed by atoms with van der Waals surface area (Å²) in [4.78, 5) is 19.2. The summed E-state index contributed by atoms with van der Waals surface area (Å²) in [5, 5.41) is 2.97. The van der Waals surface area contributed by atoms with Gasteiger partial charge in [-0.15, -0.1) is 0 Å². The van der Waals surface area contributed by atoms with Crippen molar-refractivity contribution in [3.63, 3.8) is 0 Å². The summed E-state index contributed by atoms with van der Waals surface area (Å²) in [6.07, 6.45) is 12.3. The van der Waals surface area contributed by atoms with Gasteiger partial charge in [0.25, 0.3) is 5.91 Å². The van der Waals surface area contributed by atoms with Crippen LogP contribution in [-0.4, -0.2) is 51.1 Å². The number of imidazole rings is 1. The Hall–Kier alpha value is -3.06. The van der Waals surface area contributed by atoms with Gasteiger partial charge in [0.1, 0.15) is 12.1 Å². The van der Waals surface area contributed by atoms with Crippen molar-refractivity contribution in [2.45, 2.75) is 25.8 Å². The summed E-state index contributed by atoms with van der Waals surface area (Å²) in [7, 11) is 2.13. The van der Waals surface area contributed by atoms with Crippen LogP contribution in [0.5, 0.6) is 0 Å². The molecule has 1 fully saturated rings. The normalized spacial score (nSPS) is 16.8. The standard InChI is InChI=1S/C23H27N5O2/c1-26-9-4-19-20(26)5-12-28-14-8-24-22(28)21(19)17-2-10-27(11-3-17)13-7-25-23(29)18-6-15-30-16-18/h4,6,8-9,14-16H,2-3,5,7,10-13H2,1H3,(H,25,29). The van der Waals surface area contributed by atoms with E-state index in [2.05, 4.69) is 44.9 Å². The van der Waals surface area contributed by atoms with Crippen LogP contribution in [0.25, 0.3) is 5.57 Å². The molecular weight excluding hydrogens is 378 g/mol. The van der Waals surface area contributed by atoms with Gasteiger partial charge in [0.2, 0.25) is 0 Å². The number of likely N-dealkylation sites (tertiary alicyclic amines) is 1. The molecule has 5 rings (SSSR count). The van der Waals surface area contributed by atoms with E-state index in [-0.39, 0.29) is 5.91 Å². The van der Waals surface area contributed by atoms with Gasteiger partial charge in [-0.05, 0) is 25.0 Å². The number of nitrogens with one attached hydrogen (secondary N) is 1. The Morgan fingerprint density at radius 3 is 2.83 bits per heavy atom. The smallest absolute Gasteiger partial charge is 0.254 e. The first-order valence-electron chi connectivity index (χ1n) is 10.6. The first kappa shape index (κ1) is 18.9. The van der Waals surface area contributed by atoms with Crippen LogP contribution in [0.4, 0.5) is 0 Å². The lowest BCUT2D eigenvalue weighted by Gasteiger charge is -2.29. The molecule has 3 aromatic heterocycles. The van der Waals surface area contributed by atoms with Crippen LogP contribution >= 0.6 is 0 Å². The zero-order valence-corrected chi connectivity index (χ0v) is 17.3. The molecule has 5 heterocycles. The Labute approximate surface area is 176 Å². The lowest BCUT2D eigenvalue weighted by Crippen LogP contribution is -2.38. The van der Waals surface area contributed by atoms with Crippen LogP contribution in [0.15, 0.2) is 53.2 Å². The number of fused-ring (bicyclic) bond motifs is 2. The minimum atomic E-state index is -0.0783. The number of rotatable bonds is 4. The van der Waals surface area contributed by atoms with E-state index in [0.29, 0.717) is 12.1 Å². The fourth-order valence-corrected chi connectivity index (χ4v) is 4.63. The van der Waals surface area contributed by atoms with Gasteiger partial charge in [-0.1, -0.05) is 5.57 Å². The second kappa shape index (κ2) is 7.99. The third-order valence-corrected chi connectivity index (χ3v) is 6.31. The predicted octanol–water partition coefficient (Wildman–Crippen LogP) is 2.70. The number of furan rings is 1. The van der Waals surface area contributed by atoms with Crippen molar-refractivity contribution in [2.24, 2.45) is 7.05 Å². The number of amides is 1. The van der Waals surface area contributed by atoms with Crippen molar-refractivity contribution < 1.29 is 9.21 Å². The molecule has 0 bridgehead atoms. The second-order valence-electron chi connectivity index (χ2n) is 8.07. The van der Waals surface area contributed by atoms with Crippen LogP contribution < -0.4 is 5.32 Å². The van der Waals surface area contributed by atoms with Crippen LogP contribution in [0, 0.1) is 0 Å². The van der Waals surface area contributed by atoms with Gasteiger partial charge in [-0.2, -0.15) is 0 Å². The average Bonchev–Trinajstić information content (AvgIpc) is 3.50. The van der Waals surface area contributed by atoms with Crippen LogP contribution in [0.3, 0.4) is 0 Å². The summed E-state index contributed by atoms with van der Waals surface area (Å²) >= 11 is 0. The van der Waals surface area contributed by atoms with Gasteiger partial charge in [0.05, 0.1) is 11.8 Å².